The number of aryl methyl sites for hydroxylation is 2. The molecule has 1 saturated carbocycles. The van der Waals surface area contributed by atoms with Gasteiger partial charge in [-0.1, -0.05) is 11.6 Å². The SMILES string of the molecule is Cc1cc(Cl)cc(C)c1NC1CCC(NC(=O)OC(C)(C)C)CC1. The van der Waals surface area contributed by atoms with E-state index in [-0.39, 0.29) is 12.1 Å². The largest absolute Gasteiger partial charge is 0.444 e. The summed E-state index contributed by atoms with van der Waals surface area (Å²) in [5, 5.41) is 7.42. The number of benzene rings is 1. The summed E-state index contributed by atoms with van der Waals surface area (Å²) in [6.45, 7) is 9.80. The monoisotopic (exact) mass is 352 g/mol. The van der Waals surface area contributed by atoms with Crippen molar-refractivity contribution in [1.82, 2.24) is 5.32 Å². The van der Waals surface area contributed by atoms with Crippen molar-refractivity contribution < 1.29 is 9.53 Å². The Morgan fingerprint density at radius 1 is 1.08 bits per heavy atom. The molecule has 134 valence electrons. The van der Waals surface area contributed by atoms with Crippen LogP contribution in [0.1, 0.15) is 57.6 Å². The molecule has 5 heteroatoms. The summed E-state index contributed by atoms with van der Waals surface area (Å²) in [5.41, 5.74) is 3.08. The van der Waals surface area contributed by atoms with E-state index in [0.717, 1.165) is 30.7 Å². The summed E-state index contributed by atoms with van der Waals surface area (Å²) < 4.78 is 5.33. The van der Waals surface area contributed by atoms with Gasteiger partial charge in [0.2, 0.25) is 0 Å². The lowest BCUT2D eigenvalue weighted by Crippen LogP contribution is -2.42. The highest BCUT2D eigenvalue weighted by Crippen LogP contribution is 2.29. The molecule has 0 aliphatic heterocycles. The second-order valence-electron chi connectivity index (χ2n) is 7.75. The number of carbonyl (C=O) groups is 1. The van der Waals surface area contributed by atoms with Gasteiger partial charge < -0.3 is 15.4 Å². The Labute approximate surface area is 150 Å². The molecule has 0 radical (unpaired) electrons. The van der Waals surface area contributed by atoms with Crippen LogP contribution in [0.2, 0.25) is 5.02 Å². The molecule has 0 unspecified atom stereocenters. The first-order valence-corrected chi connectivity index (χ1v) is 9.04. The first-order valence-electron chi connectivity index (χ1n) is 8.67. The second kappa shape index (κ2) is 7.64. The van der Waals surface area contributed by atoms with E-state index in [2.05, 4.69) is 24.5 Å². The minimum Gasteiger partial charge on any atom is -0.444 e. The van der Waals surface area contributed by atoms with E-state index in [1.54, 1.807) is 0 Å². The molecule has 2 rings (SSSR count). The van der Waals surface area contributed by atoms with Gasteiger partial charge in [-0.2, -0.15) is 0 Å². The number of anilines is 1. The van der Waals surface area contributed by atoms with Gasteiger partial charge in [0.15, 0.2) is 0 Å². The van der Waals surface area contributed by atoms with Crippen molar-refractivity contribution in [2.24, 2.45) is 0 Å². The molecule has 0 atom stereocenters. The molecular weight excluding hydrogens is 324 g/mol. The molecular formula is C19H29ClN2O2. The first-order chi connectivity index (χ1) is 11.1. The normalized spacial score (nSPS) is 21.2. The first kappa shape index (κ1) is 18.9. The molecule has 0 spiro atoms. The quantitative estimate of drug-likeness (QED) is 0.785. The summed E-state index contributed by atoms with van der Waals surface area (Å²) in [5.74, 6) is 0. The Kier molecular flexibility index (Phi) is 6.02. The fraction of sp³-hybridized carbons (Fsp3) is 0.632. The van der Waals surface area contributed by atoms with Gasteiger partial charge >= 0.3 is 6.09 Å². The number of ether oxygens (including phenoxy) is 1. The molecule has 0 heterocycles. The van der Waals surface area contributed by atoms with Crippen LogP contribution in [0.4, 0.5) is 10.5 Å². The Bertz CT molecular complexity index is 565. The number of hydrogen-bond donors (Lipinski definition) is 2. The molecule has 1 aromatic carbocycles. The number of halogens is 1. The Balaban J connectivity index is 1.84. The lowest BCUT2D eigenvalue weighted by atomic mass is 9.90. The van der Waals surface area contributed by atoms with Crippen molar-refractivity contribution in [1.29, 1.82) is 0 Å². The summed E-state index contributed by atoms with van der Waals surface area (Å²) in [6.07, 6.45) is 3.66. The minimum absolute atomic E-state index is 0.199. The van der Waals surface area contributed by atoms with Crippen molar-refractivity contribution in [3.8, 4) is 0 Å². The molecule has 1 amide bonds. The molecule has 2 N–H and O–H groups in total. The third-order valence-corrected chi connectivity index (χ3v) is 4.51. The molecule has 24 heavy (non-hydrogen) atoms. The predicted molar refractivity (Wildman–Crippen MR) is 100.0 cm³/mol. The van der Waals surface area contributed by atoms with Gasteiger partial charge in [0.1, 0.15) is 5.60 Å². The van der Waals surface area contributed by atoms with Crippen LogP contribution in [-0.4, -0.2) is 23.8 Å². The average molecular weight is 353 g/mol. The number of alkyl carbamates (subject to hydrolysis) is 1. The number of rotatable bonds is 3. The van der Waals surface area contributed by atoms with Crippen LogP contribution in [0.3, 0.4) is 0 Å². The Morgan fingerprint density at radius 3 is 2.08 bits per heavy atom. The lowest BCUT2D eigenvalue weighted by molar-refractivity contribution is 0.0492. The van der Waals surface area contributed by atoms with Crippen molar-refractivity contribution >= 4 is 23.4 Å². The van der Waals surface area contributed by atoms with Gasteiger partial charge in [0.05, 0.1) is 0 Å². The van der Waals surface area contributed by atoms with Gasteiger partial charge in [-0.3, -0.25) is 0 Å². The summed E-state index contributed by atoms with van der Waals surface area (Å²) >= 11 is 6.10. The van der Waals surface area contributed by atoms with Crippen molar-refractivity contribution in [2.75, 3.05) is 5.32 Å². The van der Waals surface area contributed by atoms with E-state index in [4.69, 9.17) is 16.3 Å². The maximum absolute atomic E-state index is 11.9. The second-order valence-corrected chi connectivity index (χ2v) is 8.19. The van der Waals surface area contributed by atoms with E-state index < -0.39 is 5.60 Å². The highest BCUT2D eigenvalue weighted by molar-refractivity contribution is 6.30. The molecule has 1 fully saturated rings. The number of hydrogen-bond acceptors (Lipinski definition) is 3. The molecule has 1 aromatic rings. The van der Waals surface area contributed by atoms with Crippen LogP contribution < -0.4 is 10.6 Å². The smallest absolute Gasteiger partial charge is 0.407 e. The van der Waals surface area contributed by atoms with E-state index in [1.165, 1.54) is 16.8 Å². The van der Waals surface area contributed by atoms with Crippen LogP contribution >= 0.6 is 11.6 Å². The summed E-state index contributed by atoms with van der Waals surface area (Å²) in [7, 11) is 0. The fourth-order valence-corrected chi connectivity index (χ4v) is 3.53. The lowest BCUT2D eigenvalue weighted by Gasteiger charge is -2.31. The van der Waals surface area contributed by atoms with Crippen molar-refractivity contribution in [3.05, 3.63) is 28.3 Å². The maximum Gasteiger partial charge on any atom is 0.407 e. The third-order valence-electron chi connectivity index (χ3n) is 4.29. The third kappa shape index (κ3) is 5.59. The Morgan fingerprint density at radius 2 is 1.58 bits per heavy atom. The molecule has 1 aliphatic rings. The van der Waals surface area contributed by atoms with Crippen LogP contribution in [0.25, 0.3) is 0 Å². The topological polar surface area (TPSA) is 50.4 Å². The van der Waals surface area contributed by atoms with E-state index in [9.17, 15) is 4.79 Å². The zero-order chi connectivity index (χ0) is 17.9. The molecule has 0 aromatic heterocycles. The minimum atomic E-state index is -0.452. The van der Waals surface area contributed by atoms with E-state index >= 15 is 0 Å². The number of nitrogens with one attached hydrogen (secondary N) is 2. The number of carbonyl (C=O) groups excluding carboxylic acids is 1. The van der Waals surface area contributed by atoms with Crippen LogP contribution in [0.5, 0.6) is 0 Å². The number of amides is 1. The van der Waals surface area contributed by atoms with Crippen molar-refractivity contribution in [3.63, 3.8) is 0 Å². The summed E-state index contributed by atoms with van der Waals surface area (Å²) in [6, 6.07) is 4.62. The maximum atomic E-state index is 11.9. The predicted octanol–water partition coefficient (Wildman–Crippen LogP) is 5.20. The van der Waals surface area contributed by atoms with Gasteiger partial charge in [0.25, 0.3) is 0 Å². The Hall–Kier alpha value is -1.42. The fourth-order valence-electron chi connectivity index (χ4n) is 3.20. The highest BCUT2D eigenvalue weighted by atomic mass is 35.5. The van der Waals surface area contributed by atoms with Crippen LogP contribution in [-0.2, 0) is 4.74 Å². The van der Waals surface area contributed by atoms with Crippen LogP contribution in [0.15, 0.2) is 12.1 Å². The van der Waals surface area contributed by atoms with Gasteiger partial charge in [-0.15, -0.1) is 0 Å². The zero-order valence-electron chi connectivity index (χ0n) is 15.3. The van der Waals surface area contributed by atoms with E-state index in [0.29, 0.717) is 6.04 Å². The van der Waals surface area contributed by atoms with Gasteiger partial charge in [-0.25, -0.2) is 4.79 Å². The van der Waals surface area contributed by atoms with E-state index in [1.807, 2.05) is 32.9 Å². The zero-order valence-corrected chi connectivity index (χ0v) is 16.1. The average Bonchev–Trinajstić information content (AvgIpc) is 2.42. The standard InChI is InChI=1S/C19H29ClN2O2/c1-12-10-14(20)11-13(2)17(12)21-15-6-8-16(9-7-15)22-18(23)24-19(3,4)5/h10-11,15-16,21H,6-9H2,1-5H3,(H,22,23). The molecule has 0 bridgehead atoms. The highest BCUT2D eigenvalue weighted by Gasteiger charge is 2.25. The van der Waals surface area contributed by atoms with Crippen molar-refractivity contribution in [2.45, 2.75) is 78.0 Å². The molecule has 4 nitrogen and oxygen atoms in total. The van der Waals surface area contributed by atoms with Crippen LogP contribution in [0, 0.1) is 13.8 Å². The van der Waals surface area contributed by atoms with Gasteiger partial charge in [0, 0.05) is 22.8 Å². The summed E-state index contributed by atoms with van der Waals surface area (Å²) in [4.78, 5) is 11.9. The molecule has 1 aliphatic carbocycles. The van der Waals surface area contributed by atoms with Gasteiger partial charge in [-0.05, 0) is 83.6 Å². The molecule has 0 saturated heterocycles.